The molecule has 4 nitrogen and oxygen atoms in total. The van der Waals surface area contributed by atoms with E-state index in [0.717, 1.165) is 6.54 Å². The van der Waals surface area contributed by atoms with Crippen molar-refractivity contribution in [2.24, 2.45) is 0 Å². The van der Waals surface area contributed by atoms with Gasteiger partial charge in [0.05, 0.1) is 0 Å². The molecular formula is C11H12F3NO3S. The molecule has 8 heteroatoms. The number of rotatable bonds is 0. The lowest BCUT2D eigenvalue weighted by atomic mass is 10.0. The van der Waals surface area contributed by atoms with E-state index in [0.29, 0.717) is 0 Å². The van der Waals surface area contributed by atoms with Crippen LogP contribution in [-0.4, -0.2) is 42.9 Å². The molecule has 0 spiro atoms. The van der Waals surface area contributed by atoms with Crippen molar-refractivity contribution < 1.29 is 30.7 Å². The highest BCUT2D eigenvalue weighted by atomic mass is 32.2. The van der Waals surface area contributed by atoms with Gasteiger partial charge in [-0.3, -0.25) is 0 Å². The molecule has 0 N–H and O–H groups in total. The molecule has 19 heavy (non-hydrogen) atoms. The Bertz CT molecular complexity index is 579. The second kappa shape index (κ2) is 5.70. The number of nitrogens with zero attached hydrogens (tertiary/aromatic N) is 1. The molecule has 0 aromatic heterocycles. The van der Waals surface area contributed by atoms with Crippen molar-refractivity contribution in [1.29, 1.82) is 0 Å². The minimum atomic E-state index is -6.09. The first-order valence-corrected chi connectivity index (χ1v) is 6.67. The molecule has 1 heterocycles. The summed E-state index contributed by atoms with van der Waals surface area (Å²) in [6.45, 7) is 1.15. The minimum absolute atomic E-state index is 1.15. The van der Waals surface area contributed by atoms with Crippen molar-refractivity contribution in [1.82, 2.24) is 0 Å². The van der Waals surface area contributed by atoms with Crippen LogP contribution in [0.25, 0.3) is 0 Å². The van der Waals surface area contributed by atoms with Crippen LogP contribution in [0.15, 0.2) is 24.3 Å². The lowest BCUT2D eigenvalue weighted by Gasteiger charge is -2.08. The summed E-state index contributed by atoms with van der Waals surface area (Å²) >= 11 is 0. The molecule has 2 rings (SSSR count). The number of likely N-dealkylation sites (N-methyl/N-ethyl adjacent to an activating group) is 1. The van der Waals surface area contributed by atoms with Gasteiger partial charge in [-0.25, -0.2) is 13.0 Å². The average molecular weight is 295 g/mol. The Morgan fingerprint density at radius 2 is 1.79 bits per heavy atom. The van der Waals surface area contributed by atoms with Gasteiger partial charge >= 0.3 is 5.51 Å². The van der Waals surface area contributed by atoms with E-state index >= 15 is 0 Å². The Labute approximate surface area is 108 Å². The number of benzene rings is 1. The monoisotopic (exact) mass is 295 g/mol. The first-order valence-electron chi connectivity index (χ1n) is 5.26. The van der Waals surface area contributed by atoms with E-state index in [2.05, 4.69) is 42.1 Å². The highest BCUT2D eigenvalue weighted by Gasteiger charge is 2.36. The lowest BCUT2D eigenvalue weighted by molar-refractivity contribution is -0.493. The van der Waals surface area contributed by atoms with Gasteiger partial charge in [-0.1, -0.05) is 18.2 Å². The number of alkyl halides is 3. The number of hydrogen-bond donors (Lipinski definition) is 0. The van der Waals surface area contributed by atoms with Crippen molar-refractivity contribution in [3.05, 3.63) is 35.4 Å². The summed E-state index contributed by atoms with van der Waals surface area (Å²) in [6.07, 6.45) is 3.39. The van der Waals surface area contributed by atoms with Crippen LogP contribution in [0.1, 0.15) is 11.1 Å². The van der Waals surface area contributed by atoms with Gasteiger partial charge in [-0.05, 0) is 11.6 Å². The summed E-state index contributed by atoms with van der Waals surface area (Å²) in [5.74, 6) is 0. The van der Waals surface area contributed by atoms with Crippen molar-refractivity contribution in [3.63, 3.8) is 0 Å². The van der Waals surface area contributed by atoms with Gasteiger partial charge in [-0.2, -0.15) is 13.2 Å². The standard InChI is InChI=1S/C10H12N.CHF3O3S/c1-11-7-6-9-4-2-3-5-10(9)8-11;2-1(3,4)8(5,6)7/h2-5,8H,6-7H2,1H3;(H,5,6,7)/q+1;/p-1. The van der Waals surface area contributed by atoms with Crippen molar-refractivity contribution in [2.75, 3.05) is 13.6 Å². The zero-order valence-electron chi connectivity index (χ0n) is 10.0. The van der Waals surface area contributed by atoms with E-state index in [1.807, 2.05) is 0 Å². The molecule has 0 aliphatic carbocycles. The zero-order valence-corrected chi connectivity index (χ0v) is 10.8. The quantitative estimate of drug-likeness (QED) is 0.412. The Morgan fingerprint density at radius 3 is 2.32 bits per heavy atom. The number of hydrogen-bond acceptors (Lipinski definition) is 3. The molecule has 0 bridgehead atoms. The minimum Gasteiger partial charge on any atom is -0.741 e. The van der Waals surface area contributed by atoms with Crippen LogP contribution in [0, 0.1) is 0 Å². The normalized spacial score (nSPS) is 14.9. The summed E-state index contributed by atoms with van der Waals surface area (Å²) in [5.41, 5.74) is -2.79. The second-order valence-electron chi connectivity index (χ2n) is 3.96. The zero-order chi connectivity index (χ0) is 14.7. The molecule has 0 radical (unpaired) electrons. The molecule has 1 aliphatic heterocycles. The van der Waals surface area contributed by atoms with Crippen LogP contribution in [-0.2, 0) is 16.5 Å². The predicted molar refractivity (Wildman–Crippen MR) is 62.1 cm³/mol. The maximum atomic E-state index is 10.7. The van der Waals surface area contributed by atoms with E-state index in [1.165, 1.54) is 17.5 Å². The molecule has 106 valence electrons. The predicted octanol–water partition coefficient (Wildman–Crippen LogP) is 1.36. The molecule has 1 aliphatic rings. The van der Waals surface area contributed by atoms with Gasteiger partial charge in [0.1, 0.15) is 13.6 Å². The van der Waals surface area contributed by atoms with Gasteiger partial charge < -0.3 is 4.55 Å². The Morgan fingerprint density at radius 1 is 1.26 bits per heavy atom. The van der Waals surface area contributed by atoms with Crippen LogP contribution in [0.3, 0.4) is 0 Å². The Kier molecular flexibility index (Phi) is 4.70. The van der Waals surface area contributed by atoms with Gasteiger partial charge in [0.15, 0.2) is 16.3 Å². The smallest absolute Gasteiger partial charge is 0.485 e. The summed E-state index contributed by atoms with van der Waals surface area (Å²) in [5, 5.41) is 0. The van der Waals surface area contributed by atoms with Crippen molar-refractivity contribution in [3.8, 4) is 0 Å². The molecule has 0 unspecified atom stereocenters. The fraction of sp³-hybridized carbons (Fsp3) is 0.364. The SMILES string of the molecule is C[N+]1=Cc2ccccc2CC1.O=S(=O)([O-])C(F)(F)F. The number of halogens is 3. The Hall–Kier alpha value is -1.41. The summed E-state index contributed by atoms with van der Waals surface area (Å²) < 4.78 is 61.1. The fourth-order valence-corrected chi connectivity index (χ4v) is 1.49. The second-order valence-corrected chi connectivity index (χ2v) is 5.33. The van der Waals surface area contributed by atoms with Crippen molar-refractivity contribution >= 4 is 16.3 Å². The Balaban J connectivity index is 0.000000203. The van der Waals surface area contributed by atoms with Crippen LogP contribution in [0.2, 0.25) is 0 Å². The number of fused-ring (bicyclic) bond motifs is 1. The third kappa shape index (κ3) is 4.64. The van der Waals surface area contributed by atoms with Gasteiger partial charge in [-0.15, -0.1) is 0 Å². The lowest BCUT2D eigenvalue weighted by Crippen LogP contribution is -2.21. The first kappa shape index (κ1) is 15.6. The molecule has 1 aromatic carbocycles. The van der Waals surface area contributed by atoms with Crippen LogP contribution in [0.4, 0.5) is 13.2 Å². The third-order valence-electron chi connectivity index (χ3n) is 2.43. The van der Waals surface area contributed by atoms with Crippen LogP contribution >= 0.6 is 0 Å². The maximum Gasteiger partial charge on any atom is 0.485 e. The van der Waals surface area contributed by atoms with E-state index < -0.39 is 15.6 Å². The highest BCUT2D eigenvalue weighted by molar-refractivity contribution is 7.86. The molecule has 0 saturated carbocycles. The summed E-state index contributed by atoms with van der Waals surface area (Å²) in [6, 6.07) is 8.58. The van der Waals surface area contributed by atoms with Crippen LogP contribution < -0.4 is 0 Å². The molecular weight excluding hydrogens is 283 g/mol. The average Bonchev–Trinajstić information content (AvgIpc) is 2.27. The largest absolute Gasteiger partial charge is 0.741 e. The first-order chi connectivity index (χ1) is 8.61. The molecule has 0 amide bonds. The van der Waals surface area contributed by atoms with Gasteiger partial charge in [0.2, 0.25) is 0 Å². The molecule has 1 aromatic rings. The van der Waals surface area contributed by atoms with Crippen LogP contribution in [0.5, 0.6) is 0 Å². The van der Waals surface area contributed by atoms with Gasteiger partial charge in [0, 0.05) is 12.0 Å². The fourth-order valence-electron chi connectivity index (χ4n) is 1.49. The van der Waals surface area contributed by atoms with E-state index in [-0.39, 0.29) is 0 Å². The third-order valence-corrected chi connectivity index (χ3v) is 3.00. The summed E-state index contributed by atoms with van der Waals surface area (Å²) in [4.78, 5) is 0. The highest BCUT2D eigenvalue weighted by Crippen LogP contribution is 2.20. The molecule has 0 saturated heterocycles. The van der Waals surface area contributed by atoms with Crippen molar-refractivity contribution in [2.45, 2.75) is 11.9 Å². The van der Waals surface area contributed by atoms with Gasteiger partial charge in [0.25, 0.3) is 0 Å². The molecule has 0 atom stereocenters. The summed E-state index contributed by atoms with van der Waals surface area (Å²) in [7, 11) is -3.97. The van der Waals surface area contributed by atoms with E-state index in [4.69, 9.17) is 13.0 Å². The van der Waals surface area contributed by atoms with E-state index in [1.54, 1.807) is 0 Å². The maximum absolute atomic E-state index is 10.7. The van der Waals surface area contributed by atoms with E-state index in [9.17, 15) is 13.2 Å². The molecule has 0 fully saturated rings. The topological polar surface area (TPSA) is 60.2 Å².